The molecule has 0 spiro atoms. The molecule has 0 bridgehead atoms. The molecule has 1 aromatic rings. The van der Waals surface area contributed by atoms with Crippen LogP contribution in [-0.4, -0.2) is 11.9 Å². The van der Waals surface area contributed by atoms with E-state index in [4.69, 9.17) is 17.3 Å². The second-order valence-corrected chi connectivity index (χ2v) is 5.08. The van der Waals surface area contributed by atoms with Crippen LogP contribution >= 0.6 is 11.6 Å². The first kappa shape index (κ1) is 12.4. The normalized spacial score (nSPS) is 23.7. The van der Waals surface area contributed by atoms with Crippen molar-refractivity contribution in [2.24, 2.45) is 11.7 Å². The van der Waals surface area contributed by atoms with E-state index in [9.17, 15) is 4.79 Å². The molecule has 0 saturated heterocycles. The van der Waals surface area contributed by atoms with Gasteiger partial charge in [-0.1, -0.05) is 24.1 Å². The highest BCUT2D eigenvalue weighted by Crippen LogP contribution is 2.28. The average molecular weight is 253 g/mol. The van der Waals surface area contributed by atoms with Crippen molar-refractivity contribution in [1.29, 1.82) is 0 Å². The maximum atomic E-state index is 12.0. The highest BCUT2D eigenvalue weighted by atomic mass is 35.5. The van der Waals surface area contributed by atoms with Gasteiger partial charge in [0.05, 0.1) is 16.6 Å². The van der Waals surface area contributed by atoms with Gasteiger partial charge in [0.25, 0.3) is 0 Å². The first-order valence-corrected chi connectivity index (χ1v) is 6.28. The molecule has 2 rings (SSSR count). The van der Waals surface area contributed by atoms with E-state index in [0.717, 1.165) is 24.8 Å². The summed E-state index contributed by atoms with van der Waals surface area (Å²) >= 11 is 6.04. The van der Waals surface area contributed by atoms with Gasteiger partial charge in [-0.25, -0.2) is 0 Å². The Morgan fingerprint density at radius 1 is 1.47 bits per heavy atom. The molecule has 0 heterocycles. The quantitative estimate of drug-likeness (QED) is 0.850. The molecule has 1 saturated carbocycles. The fourth-order valence-electron chi connectivity index (χ4n) is 2.27. The Morgan fingerprint density at radius 2 is 2.24 bits per heavy atom. The zero-order chi connectivity index (χ0) is 12.4. The van der Waals surface area contributed by atoms with Crippen molar-refractivity contribution in [3.63, 3.8) is 0 Å². The molecule has 92 valence electrons. The minimum atomic E-state index is -0.0772. The van der Waals surface area contributed by atoms with Gasteiger partial charge in [0.1, 0.15) is 0 Å². The molecule has 1 aliphatic carbocycles. The summed E-state index contributed by atoms with van der Waals surface area (Å²) in [5, 5.41) is 3.44. The van der Waals surface area contributed by atoms with E-state index >= 15 is 0 Å². The number of amides is 1. The number of carbonyl (C=O) groups is 1. The van der Waals surface area contributed by atoms with Crippen molar-refractivity contribution in [2.45, 2.75) is 32.2 Å². The summed E-state index contributed by atoms with van der Waals surface area (Å²) in [5.74, 6) is -0.0888. The molecular weight excluding hydrogens is 236 g/mol. The van der Waals surface area contributed by atoms with Crippen LogP contribution in [0.4, 0.5) is 5.69 Å². The van der Waals surface area contributed by atoms with Crippen molar-refractivity contribution < 1.29 is 4.79 Å². The number of hydrogen-bond donors (Lipinski definition) is 2. The zero-order valence-corrected chi connectivity index (χ0v) is 10.6. The summed E-state index contributed by atoms with van der Waals surface area (Å²) in [5.41, 5.74) is 7.65. The molecular formula is C13H17ClN2O. The number of hydrogen-bond acceptors (Lipinski definition) is 2. The third kappa shape index (κ3) is 2.79. The highest BCUT2D eigenvalue weighted by Gasteiger charge is 2.30. The van der Waals surface area contributed by atoms with E-state index < -0.39 is 0 Å². The Kier molecular flexibility index (Phi) is 3.69. The number of halogens is 1. The summed E-state index contributed by atoms with van der Waals surface area (Å²) in [7, 11) is 0. The SMILES string of the molecule is Cc1ccc(Cl)c(NC(=O)C2CCCC2N)c1. The molecule has 1 aliphatic rings. The van der Waals surface area contributed by atoms with Crippen LogP contribution in [0.5, 0.6) is 0 Å². The van der Waals surface area contributed by atoms with E-state index in [0.29, 0.717) is 10.7 Å². The van der Waals surface area contributed by atoms with Crippen molar-refractivity contribution in [1.82, 2.24) is 0 Å². The van der Waals surface area contributed by atoms with Gasteiger partial charge in [0, 0.05) is 6.04 Å². The van der Waals surface area contributed by atoms with Gasteiger partial charge in [-0.15, -0.1) is 0 Å². The lowest BCUT2D eigenvalue weighted by Crippen LogP contribution is -2.34. The van der Waals surface area contributed by atoms with Crippen LogP contribution in [0.25, 0.3) is 0 Å². The molecule has 2 atom stereocenters. The van der Waals surface area contributed by atoms with Gasteiger partial charge in [0.2, 0.25) is 5.91 Å². The molecule has 1 amide bonds. The van der Waals surface area contributed by atoms with E-state index in [-0.39, 0.29) is 17.9 Å². The molecule has 1 aromatic carbocycles. The van der Waals surface area contributed by atoms with Crippen LogP contribution in [0.1, 0.15) is 24.8 Å². The predicted molar refractivity (Wildman–Crippen MR) is 70.1 cm³/mol. The van der Waals surface area contributed by atoms with E-state index in [1.165, 1.54) is 0 Å². The van der Waals surface area contributed by atoms with Crippen LogP contribution in [0.15, 0.2) is 18.2 Å². The van der Waals surface area contributed by atoms with Crippen LogP contribution in [-0.2, 0) is 4.79 Å². The second kappa shape index (κ2) is 5.07. The topological polar surface area (TPSA) is 55.1 Å². The Balaban J connectivity index is 2.10. The summed E-state index contributed by atoms with van der Waals surface area (Å²) in [4.78, 5) is 12.0. The minimum absolute atomic E-state index is 0.0116. The van der Waals surface area contributed by atoms with Gasteiger partial charge in [-0.3, -0.25) is 4.79 Å². The maximum absolute atomic E-state index is 12.0. The lowest BCUT2D eigenvalue weighted by Gasteiger charge is -2.16. The Labute approximate surface area is 106 Å². The predicted octanol–water partition coefficient (Wildman–Crippen LogP) is 2.71. The molecule has 4 heteroatoms. The Morgan fingerprint density at radius 3 is 2.88 bits per heavy atom. The Bertz CT molecular complexity index is 433. The lowest BCUT2D eigenvalue weighted by molar-refractivity contribution is -0.120. The lowest BCUT2D eigenvalue weighted by atomic mass is 10.0. The van der Waals surface area contributed by atoms with Gasteiger partial charge in [0.15, 0.2) is 0 Å². The maximum Gasteiger partial charge on any atom is 0.229 e. The monoisotopic (exact) mass is 252 g/mol. The van der Waals surface area contributed by atoms with Crippen LogP contribution in [0.3, 0.4) is 0 Å². The fraction of sp³-hybridized carbons (Fsp3) is 0.462. The standard InChI is InChI=1S/C13H17ClN2O/c1-8-5-6-10(14)12(7-8)16-13(17)9-3-2-4-11(9)15/h5-7,9,11H,2-4,15H2,1H3,(H,16,17). The van der Waals surface area contributed by atoms with Crippen molar-refractivity contribution in [3.8, 4) is 0 Å². The fourth-order valence-corrected chi connectivity index (χ4v) is 2.44. The molecule has 2 unspecified atom stereocenters. The van der Waals surface area contributed by atoms with Crippen molar-refractivity contribution in [3.05, 3.63) is 28.8 Å². The third-order valence-electron chi connectivity index (χ3n) is 3.29. The summed E-state index contributed by atoms with van der Waals surface area (Å²) < 4.78 is 0. The highest BCUT2D eigenvalue weighted by molar-refractivity contribution is 6.33. The largest absolute Gasteiger partial charge is 0.327 e. The number of nitrogens with two attached hydrogens (primary N) is 1. The smallest absolute Gasteiger partial charge is 0.229 e. The molecule has 3 nitrogen and oxygen atoms in total. The number of carbonyl (C=O) groups excluding carboxylic acids is 1. The van der Waals surface area contributed by atoms with Crippen LogP contribution < -0.4 is 11.1 Å². The van der Waals surface area contributed by atoms with Crippen molar-refractivity contribution in [2.75, 3.05) is 5.32 Å². The number of anilines is 1. The number of rotatable bonds is 2. The number of aryl methyl sites for hydroxylation is 1. The van der Waals surface area contributed by atoms with Gasteiger partial charge in [-0.05, 0) is 37.5 Å². The van der Waals surface area contributed by atoms with Gasteiger partial charge < -0.3 is 11.1 Å². The third-order valence-corrected chi connectivity index (χ3v) is 3.62. The second-order valence-electron chi connectivity index (χ2n) is 4.67. The summed E-state index contributed by atoms with van der Waals surface area (Å²) in [6.45, 7) is 1.97. The Hall–Kier alpha value is -1.06. The minimum Gasteiger partial charge on any atom is -0.327 e. The molecule has 1 fully saturated rings. The molecule has 0 radical (unpaired) electrons. The first-order valence-electron chi connectivity index (χ1n) is 5.90. The summed E-state index contributed by atoms with van der Waals surface area (Å²) in [6, 6.07) is 5.57. The van der Waals surface area contributed by atoms with Crippen LogP contribution in [0, 0.1) is 12.8 Å². The molecule has 0 aromatic heterocycles. The number of benzene rings is 1. The van der Waals surface area contributed by atoms with E-state index in [1.807, 2.05) is 19.1 Å². The number of nitrogens with one attached hydrogen (secondary N) is 1. The average Bonchev–Trinajstić information content (AvgIpc) is 2.70. The van der Waals surface area contributed by atoms with E-state index in [1.54, 1.807) is 6.07 Å². The molecule has 0 aliphatic heterocycles. The van der Waals surface area contributed by atoms with E-state index in [2.05, 4.69) is 5.32 Å². The summed E-state index contributed by atoms with van der Waals surface area (Å²) in [6.07, 6.45) is 2.83. The molecule has 3 N–H and O–H groups in total. The van der Waals surface area contributed by atoms with Gasteiger partial charge >= 0.3 is 0 Å². The zero-order valence-electron chi connectivity index (χ0n) is 9.87. The first-order chi connectivity index (χ1) is 8.08. The van der Waals surface area contributed by atoms with Crippen molar-refractivity contribution >= 4 is 23.2 Å². The van der Waals surface area contributed by atoms with Gasteiger partial charge in [-0.2, -0.15) is 0 Å². The molecule has 17 heavy (non-hydrogen) atoms. The van der Waals surface area contributed by atoms with Crippen LogP contribution in [0.2, 0.25) is 5.02 Å².